The minimum atomic E-state index is 0.788. The van der Waals surface area contributed by atoms with Crippen LogP contribution in [0.15, 0.2) is 28.3 Å². The predicted molar refractivity (Wildman–Crippen MR) is 52.3 cm³/mol. The molecule has 0 unspecified atom stereocenters. The van der Waals surface area contributed by atoms with E-state index in [0.717, 1.165) is 22.9 Å². The standard InChI is InChI=1S/C9H10N4/c1-10-8-6-4-3-5-12-7(6)9(11-2)13-8/h3-5H,1-2H3,(H,10,11,13). The topological polar surface area (TPSA) is 49.6 Å². The molecule has 2 heterocycles. The van der Waals surface area contributed by atoms with Crippen LogP contribution >= 0.6 is 0 Å². The second kappa shape index (κ2) is 2.97. The van der Waals surface area contributed by atoms with Crippen LogP contribution in [0.3, 0.4) is 0 Å². The number of aromatic nitrogens is 1. The van der Waals surface area contributed by atoms with E-state index >= 15 is 0 Å². The van der Waals surface area contributed by atoms with Crippen LogP contribution in [0.2, 0.25) is 0 Å². The number of pyridine rings is 1. The summed E-state index contributed by atoms with van der Waals surface area (Å²) in [6.45, 7) is 0. The minimum Gasteiger partial charge on any atom is -0.323 e. The fourth-order valence-electron chi connectivity index (χ4n) is 1.36. The minimum absolute atomic E-state index is 0.788. The zero-order valence-electron chi connectivity index (χ0n) is 7.57. The molecule has 0 aromatic carbocycles. The molecule has 2 rings (SSSR count). The Kier molecular flexibility index (Phi) is 1.81. The summed E-state index contributed by atoms with van der Waals surface area (Å²) < 4.78 is 0. The van der Waals surface area contributed by atoms with Gasteiger partial charge in [0, 0.05) is 25.9 Å². The van der Waals surface area contributed by atoms with Crippen LogP contribution in [0.1, 0.15) is 11.3 Å². The lowest BCUT2D eigenvalue weighted by molar-refractivity contribution is 1.25. The van der Waals surface area contributed by atoms with Gasteiger partial charge in [-0.3, -0.25) is 15.0 Å². The molecule has 1 N–H and O–H groups in total. The van der Waals surface area contributed by atoms with Crippen LogP contribution in [0.25, 0.3) is 0 Å². The molecule has 1 aromatic heterocycles. The number of aliphatic imine (C=N–C) groups is 2. The van der Waals surface area contributed by atoms with Gasteiger partial charge in [-0.25, -0.2) is 0 Å². The summed E-state index contributed by atoms with van der Waals surface area (Å²) in [4.78, 5) is 12.4. The highest BCUT2D eigenvalue weighted by atomic mass is 15.1. The van der Waals surface area contributed by atoms with Crippen molar-refractivity contribution in [2.24, 2.45) is 9.98 Å². The maximum absolute atomic E-state index is 4.24. The molecule has 0 saturated heterocycles. The van der Waals surface area contributed by atoms with Gasteiger partial charge < -0.3 is 5.32 Å². The molecule has 0 aliphatic carbocycles. The molecule has 0 amide bonds. The van der Waals surface area contributed by atoms with Crippen molar-refractivity contribution >= 4 is 11.7 Å². The highest BCUT2D eigenvalue weighted by Crippen LogP contribution is 2.12. The lowest BCUT2D eigenvalue weighted by atomic mass is 10.2. The van der Waals surface area contributed by atoms with E-state index in [1.54, 1.807) is 20.3 Å². The number of fused-ring (bicyclic) bond motifs is 1. The Morgan fingerprint density at radius 3 is 2.69 bits per heavy atom. The summed E-state index contributed by atoms with van der Waals surface area (Å²) in [6.07, 6.45) is 1.75. The van der Waals surface area contributed by atoms with E-state index in [0.29, 0.717) is 0 Å². The zero-order valence-corrected chi connectivity index (χ0v) is 7.57. The first-order valence-electron chi connectivity index (χ1n) is 4.03. The van der Waals surface area contributed by atoms with Crippen LogP contribution in [-0.4, -0.2) is 30.8 Å². The van der Waals surface area contributed by atoms with Crippen molar-refractivity contribution in [2.45, 2.75) is 0 Å². The molecule has 0 fully saturated rings. The average molecular weight is 174 g/mol. The van der Waals surface area contributed by atoms with E-state index in [1.165, 1.54) is 0 Å². The van der Waals surface area contributed by atoms with Crippen LogP contribution in [0, 0.1) is 0 Å². The molecule has 0 saturated carbocycles. The lowest BCUT2D eigenvalue weighted by Crippen LogP contribution is -2.22. The van der Waals surface area contributed by atoms with E-state index in [4.69, 9.17) is 0 Å². The van der Waals surface area contributed by atoms with Gasteiger partial charge in [0.25, 0.3) is 0 Å². The van der Waals surface area contributed by atoms with Crippen LogP contribution in [-0.2, 0) is 0 Å². The summed E-state index contributed by atoms with van der Waals surface area (Å²) in [5.74, 6) is 1.62. The number of hydrogen-bond acceptors (Lipinski definition) is 3. The van der Waals surface area contributed by atoms with Gasteiger partial charge in [-0.15, -0.1) is 0 Å². The lowest BCUT2D eigenvalue weighted by Gasteiger charge is -1.94. The highest BCUT2D eigenvalue weighted by molar-refractivity contribution is 6.24. The summed E-state index contributed by atoms with van der Waals surface area (Å²) >= 11 is 0. The highest BCUT2D eigenvalue weighted by Gasteiger charge is 2.22. The Labute approximate surface area is 76.4 Å². The Morgan fingerprint density at radius 2 is 2.00 bits per heavy atom. The van der Waals surface area contributed by atoms with Gasteiger partial charge >= 0.3 is 0 Å². The number of nitrogens with zero attached hydrogens (tertiary/aromatic N) is 3. The second-order valence-electron chi connectivity index (χ2n) is 2.67. The molecule has 4 heteroatoms. The van der Waals surface area contributed by atoms with E-state index in [2.05, 4.69) is 20.3 Å². The van der Waals surface area contributed by atoms with Crippen molar-refractivity contribution in [3.8, 4) is 0 Å². The fourth-order valence-corrected chi connectivity index (χ4v) is 1.36. The molecule has 13 heavy (non-hydrogen) atoms. The SMILES string of the molecule is CN=C1NC(=NC)c2ncccc21. The van der Waals surface area contributed by atoms with E-state index < -0.39 is 0 Å². The molecule has 66 valence electrons. The maximum atomic E-state index is 4.24. The molecule has 4 nitrogen and oxygen atoms in total. The van der Waals surface area contributed by atoms with Crippen LogP contribution in [0.5, 0.6) is 0 Å². The summed E-state index contributed by atoms with van der Waals surface area (Å²) in [5, 5.41) is 3.09. The first-order valence-corrected chi connectivity index (χ1v) is 4.03. The summed E-state index contributed by atoms with van der Waals surface area (Å²) in [5.41, 5.74) is 1.90. The van der Waals surface area contributed by atoms with Gasteiger partial charge in [0.15, 0.2) is 5.84 Å². The van der Waals surface area contributed by atoms with Crippen molar-refractivity contribution < 1.29 is 0 Å². The Bertz CT molecular complexity index is 355. The van der Waals surface area contributed by atoms with Crippen LogP contribution in [0.4, 0.5) is 0 Å². The Hall–Kier alpha value is -1.71. The smallest absolute Gasteiger partial charge is 0.153 e. The number of hydrogen-bond donors (Lipinski definition) is 1. The largest absolute Gasteiger partial charge is 0.323 e. The third-order valence-electron chi connectivity index (χ3n) is 1.97. The van der Waals surface area contributed by atoms with Gasteiger partial charge in [-0.1, -0.05) is 0 Å². The quantitative estimate of drug-likeness (QED) is 0.620. The van der Waals surface area contributed by atoms with Crippen LogP contribution < -0.4 is 5.32 Å². The van der Waals surface area contributed by atoms with Gasteiger partial charge in [0.05, 0.1) is 0 Å². The normalized spacial score (nSPS) is 20.5. The van der Waals surface area contributed by atoms with E-state index in [-0.39, 0.29) is 0 Å². The first-order chi connectivity index (χ1) is 6.36. The molecular formula is C9H10N4. The molecule has 0 bridgehead atoms. The monoisotopic (exact) mass is 174 g/mol. The zero-order chi connectivity index (χ0) is 9.26. The number of nitrogens with one attached hydrogen (secondary N) is 1. The predicted octanol–water partition coefficient (Wildman–Crippen LogP) is 0.438. The maximum Gasteiger partial charge on any atom is 0.153 e. The Morgan fingerprint density at radius 1 is 1.23 bits per heavy atom. The van der Waals surface area contributed by atoms with Gasteiger partial charge in [0.2, 0.25) is 0 Å². The van der Waals surface area contributed by atoms with Crippen molar-refractivity contribution in [1.82, 2.24) is 10.3 Å². The van der Waals surface area contributed by atoms with Crippen molar-refractivity contribution in [2.75, 3.05) is 14.1 Å². The number of amidine groups is 2. The molecule has 1 aliphatic heterocycles. The van der Waals surface area contributed by atoms with Gasteiger partial charge in [0.1, 0.15) is 11.5 Å². The molecule has 0 radical (unpaired) electrons. The summed E-state index contributed by atoms with van der Waals surface area (Å²) in [6, 6.07) is 3.88. The third kappa shape index (κ3) is 1.11. The number of rotatable bonds is 0. The van der Waals surface area contributed by atoms with Crippen molar-refractivity contribution in [1.29, 1.82) is 0 Å². The first kappa shape index (κ1) is 7.91. The van der Waals surface area contributed by atoms with Crippen molar-refractivity contribution in [3.63, 3.8) is 0 Å². The second-order valence-corrected chi connectivity index (χ2v) is 2.67. The summed E-state index contributed by atoms with van der Waals surface area (Å²) in [7, 11) is 3.48. The van der Waals surface area contributed by atoms with E-state index in [9.17, 15) is 0 Å². The third-order valence-corrected chi connectivity index (χ3v) is 1.97. The van der Waals surface area contributed by atoms with Gasteiger partial charge in [-0.2, -0.15) is 0 Å². The van der Waals surface area contributed by atoms with Crippen molar-refractivity contribution in [3.05, 3.63) is 29.6 Å². The van der Waals surface area contributed by atoms with Gasteiger partial charge in [-0.05, 0) is 12.1 Å². The molecular weight excluding hydrogens is 164 g/mol. The molecule has 0 atom stereocenters. The van der Waals surface area contributed by atoms with E-state index in [1.807, 2.05) is 12.1 Å². The fraction of sp³-hybridized carbons (Fsp3) is 0.222. The molecule has 0 spiro atoms. The molecule has 1 aromatic rings. The average Bonchev–Trinajstić information content (AvgIpc) is 2.56. The Balaban J connectivity index is 2.63. The molecule has 1 aliphatic rings.